The Kier molecular flexibility index (Phi) is 5.20. The Bertz CT molecular complexity index is 975. The number of benzene rings is 2. The topological polar surface area (TPSA) is 94.2 Å². The molecule has 0 unspecified atom stereocenters. The van der Waals surface area contributed by atoms with E-state index in [9.17, 15) is 19.3 Å². The van der Waals surface area contributed by atoms with Crippen LogP contribution in [0.2, 0.25) is 0 Å². The lowest BCUT2D eigenvalue weighted by Crippen LogP contribution is -2.30. The van der Waals surface area contributed by atoms with Gasteiger partial charge in [0.15, 0.2) is 0 Å². The van der Waals surface area contributed by atoms with Crippen molar-refractivity contribution in [2.45, 2.75) is 13.5 Å². The van der Waals surface area contributed by atoms with Crippen molar-refractivity contribution in [1.29, 1.82) is 0 Å². The summed E-state index contributed by atoms with van der Waals surface area (Å²) in [5.74, 6) is -0.765. The maximum absolute atomic E-state index is 13.4. The van der Waals surface area contributed by atoms with Gasteiger partial charge < -0.3 is 4.90 Å². The summed E-state index contributed by atoms with van der Waals surface area (Å²) in [6, 6.07) is 10.1. The third-order valence-corrected chi connectivity index (χ3v) is 4.02. The molecule has 8 nitrogen and oxygen atoms in total. The second-order valence-corrected chi connectivity index (χ2v) is 5.75. The minimum absolute atomic E-state index is 0.170. The van der Waals surface area contributed by atoms with E-state index in [1.807, 2.05) is 0 Å². The largest absolute Gasteiger partial charge is 0.335 e. The molecule has 1 aromatic heterocycles. The average Bonchev–Trinajstić information content (AvgIpc) is 3.19. The Morgan fingerprint density at radius 3 is 2.74 bits per heavy atom. The molecule has 3 aromatic rings. The molecule has 0 aliphatic rings. The molecule has 1 amide bonds. The van der Waals surface area contributed by atoms with E-state index in [0.29, 0.717) is 12.1 Å². The zero-order valence-corrected chi connectivity index (χ0v) is 14.4. The summed E-state index contributed by atoms with van der Waals surface area (Å²) in [6.07, 6.45) is 2.60. The van der Waals surface area contributed by atoms with Crippen LogP contribution in [0, 0.1) is 15.9 Å². The lowest BCUT2D eigenvalue weighted by molar-refractivity contribution is -0.384. The van der Waals surface area contributed by atoms with Gasteiger partial charge in [-0.25, -0.2) is 14.1 Å². The summed E-state index contributed by atoms with van der Waals surface area (Å²) in [5.41, 5.74) is 0.762. The van der Waals surface area contributed by atoms with Crippen LogP contribution in [0.3, 0.4) is 0 Å². The second kappa shape index (κ2) is 7.73. The smallest absolute Gasteiger partial charge is 0.295 e. The lowest BCUT2D eigenvalue weighted by Gasteiger charge is -2.21. The highest BCUT2D eigenvalue weighted by atomic mass is 19.1. The molecule has 0 N–H and O–H groups in total. The molecule has 0 fully saturated rings. The number of nitro groups is 1. The first-order chi connectivity index (χ1) is 13.0. The van der Waals surface area contributed by atoms with Gasteiger partial charge in [-0.05, 0) is 36.8 Å². The van der Waals surface area contributed by atoms with Gasteiger partial charge in [0, 0.05) is 24.7 Å². The monoisotopic (exact) mass is 369 g/mol. The van der Waals surface area contributed by atoms with Gasteiger partial charge in [-0.1, -0.05) is 12.1 Å². The van der Waals surface area contributed by atoms with Crippen molar-refractivity contribution in [3.63, 3.8) is 0 Å². The minimum Gasteiger partial charge on any atom is -0.335 e. The van der Waals surface area contributed by atoms with Gasteiger partial charge in [-0.2, -0.15) is 5.10 Å². The van der Waals surface area contributed by atoms with Crippen molar-refractivity contribution in [2.24, 2.45) is 0 Å². The summed E-state index contributed by atoms with van der Waals surface area (Å²) >= 11 is 0. The van der Waals surface area contributed by atoms with Gasteiger partial charge in [0.05, 0.1) is 4.92 Å². The van der Waals surface area contributed by atoms with Crippen LogP contribution in [0.4, 0.5) is 10.1 Å². The van der Waals surface area contributed by atoms with Crippen LogP contribution in [0.15, 0.2) is 55.1 Å². The summed E-state index contributed by atoms with van der Waals surface area (Å²) in [4.78, 5) is 28.9. The molecule has 0 spiro atoms. The first kappa shape index (κ1) is 18.2. The standard InChI is InChI=1S/C18H16FN5O3/c1-2-22(10-13-4-3-5-15(19)8-13)18(25)14-6-7-16(17(9-14)24(26)27)23-12-20-11-21-23/h3-9,11-12H,2,10H2,1H3. The number of carbonyl (C=O) groups excluding carboxylic acids is 1. The Morgan fingerprint density at radius 2 is 2.11 bits per heavy atom. The molecule has 2 aromatic carbocycles. The maximum Gasteiger partial charge on any atom is 0.295 e. The van der Waals surface area contributed by atoms with Crippen molar-refractivity contribution in [1.82, 2.24) is 19.7 Å². The average molecular weight is 369 g/mol. The third kappa shape index (κ3) is 3.97. The Hall–Kier alpha value is -3.62. The Morgan fingerprint density at radius 1 is 1.30 bits per heavy atom. The molecule has 138 valence electrons. The number of nitrogens with zero attached hydrogens (tertiary/aromatic N) is 5. The van der Waals surface area contributed by atoms with Crippen LogP contribution in [0.5, 0.6) is 0 Å². The molecule has 0 aliphatic carbocycles. The van der Waals surface area contributed by atoms with E-state index in [4.69, 9.17) is 0 Å². The number of carbonyl (C=O) groups is 1. The van der Waals surface area contributed by atoms with Gasteiger partial charge >= 0.3 is 0 Å². The number of nitro benzene ring substituents is 1. The normalized spacial score (nSPS) is 10.6. The van der Waals surface area contributed by atoms with Gasteiger partial charge in [0.2, 0.25) is 0 Å². The van der Waals surface area contributed by atoms with Crippen molar-refractivity contribution in [2.75, 3.05) is 6.54 Å². The van der Waals surface area contributed by atoms with E-state index in [1.54, 1.807) is 19.1 Å². The predicted molar refractivity (Wildman–Crippen MR) is 94.8 cm³/mol. The molecule has 0 radical (unpaired) electrons. The SMILES string of the molecule is CCN(Cc1cccc(F)c1)C(=O)c1ccc(-n2cncn2)c([N+](=O)[O-])c1. The van der Waals surface area contributed by atoms with E-state index in [2.05, 4.69) is 10.1 Å². The van der Waals surface area contributed by atoms with Crippen molar-refractivity contribution < 1.29 is 14.1 Å². The summed E-state index contributed by atoms with van der Waals surface area (Å²) in [7, 11) is 0. The molecule has 0 atom stereocenters. The van der Waals surface area contributed by atoms with Crippen molar-refractivity contribution in [3.8, 4) is 5.69 Å². The van der Waals surface area contributed by atoms with E-state index in [1.165, 1.54) is 52.6 Å². The lowest BCUT2D eigenvalue weighted by atomic mass is 10.1. The number of amides is 1. The van der Waals surface area contributed by atoms with E-state index >= 15 is 0 Å². The number of hydrogen-bond donors (Lipinski definition) is 0. The summed E-state index contributed by atoms with van der Waals surface area (Å²) in [6.45, 7) is 2.36. The molecule has 0 saturated heterocycles. The molecular formula is C18H16FN5O3. The molecule has 1 heterocycles. The highest BCUT2D eigenvalue weighted by molar-refractivity contribution is 5.95. The Labute approximate surface area is 154 Å². The van der Waals surface area contributed by atoms with Gasteiger partial charge in [-0.3, -0.25) is 14.9 Å². The molecule has 9 heteroatoms. The number of hydrogen-bond acceptors (Lipinski definition) is 5. The Balaban J connectivity index is 1.91. The molecule has 27 heavy (non-hydrogen) atoms. The van der Waals surface area contributed by atoms with Crippen LogP contribution in [0.1, 0.15) is 22.8 Å². The van der Waals surface area contributed by atoms with E-state index in [0.717, 1.165) is 0 Å². The van der Waals surface area contributed by atoms with E-state index < -0.39 is 4.92 Å². The fraction of sp³-hybridized carbons (Fsp3) is 0.167. The highest BCUT2D eigenvalue weighted by Gasteiger charge is 2.22. The van der Waals surface area contributed by atoms with Crippen molar-refractivity contribution in [3.05, 3.63) is 82.2 Å². The van der Waals surface area contributed by atoms with Crippen molar-refractivity contribution >= 4 is 11.6 Å². The van der Waals surface area contributed by atoms with Crippen LogP contribution in [-0.2, 0) is 6.54 Å². The van der Waals surface area contributed by atoms with Gasteiger partial charge in [-0.15, -0.1) is 0 Å². The number of halogens is 1. The third-order valence-electron chi connectivity index (χ3n) is 4.02. The fourth-order valence-corrected chi connectivity index (χ4v) is 2.69. The minimum atomic E-state index is -0.573. The van der Waals surface area contributed by atoms with Crippen LogP contribution >= 0.6 is 0 Å². The van der Waals surface area contributed by atoms with Crippen LogP contribution < -0.4 is 0 Å². The molecule has 3 rings (SSSR count). The second-order valence-electron chi connectivity index (χ2n) is 5.75. The zero-order valence-electron chi connectivity index (χ0n) is 14.4. The predicted octanol–water partition coefficient (Wildman–Crippen LogP) is 2.98. The zero-order chi connectivity index (χ0) is 19.4. The summed E-state index contributed by atoms with van der Waals surface area (Å²) in [5, 5.41) is 15.3. The first-order valence-corrected chi connectivity index (χ1v) is 8.16. The molecule has 0 aliphatic heterocycles. The fourth-order valence-electron chi connectivity index (χ4n) is 2.69. The molecule has 0 saturated carbocycles. The quantitative estimate of drug-likeness (QED) is 0.492. The first-order valence-electron chi connectivity index (χ1n) is 8.16. The van der Waals surface area contributed by atoms with Crippen LogP contribution in [-0.4, -0.2) is 37.0 Å². The maximum atomic E-state index is 13.4. The number of rotatable bonds is 6. The molecule has 0 bridgehead atoms. The van der Waals surface area contributed by atoms with Gasteiger partial charge in [0.25, 0.3) is 11.6 Å². The molecular weight excluding hydrogens is 353 g/mol. The highest BCUT2D eigenvalue weighted by Crippen LogP contribution is 2.24. The van der Waals surface area contributed by atoms with E-state index in [-0.39, 0.29) is 35.2 Å². The van der Waals surface area contributed by atoms with Crippen LogP contribution in [0.25, 0.3) is 5.69 Å². The number of aromatic nitrogens is 3. The van der Waals surface area contributed by atoms with Gasteiger partial charge in [0.1, 0.15) is 24.2 Å². The summed E-state index contributed by atoms with van der Waals surface area (Å²) < 4.78 is 14.6.